The van der Waals surface area contributed by atoms with Crippen LogP contribution in [-0.2, 0) is 0 Å². The summed E-state index contributed by atoms with van der Waals surface area (Å²) in [6.45, 7) is 1.41. The van der Waals surface area contributed by atoms with Gasteiger partial charge in [-0.3, -0.25) is 4.79 Å². The Hall–Kier alpha value is -2.21. The SMILES string of the molecule is O=C(c1cc2ccccc2s1)N1CC(n2ccnn2)C1. The molecule has 1 fully saturated rings. The number of aromatic nitrogens is 3. The lowest BCUT2D eigenvalue weighted by Crippen LogP contribution is -2.50. The molecule has 0 radical (unpaired) electrons. The maximum atomic E-state index is 12.4. The highest BCUT2D eigenvalue weighted by atomic mass is 32.1. The van der Waals surface area contributed by atoms with E-state index in [2.05, 4.69) is 10.3 Å². The van der Waals surface area contributed by atoms with Crippen LogP contribution >= 0.6 is 11.3 Å². The molecule has 20 heavy (non-hydrogen) atoms. The Balaban J connectivity index is 1.51. The highest BCUT2D eigenvalue weighted by Crippen LogP contribution is 2.29. The first-order valence-corrected chi connectivity index (χ1v) is 7.26. The number of carbonyl (C=O) groups excluding carboxylic acids is 1. The van der Waals surface area contributed by atoms with Crippen LogP contribution in [0.5, 0.6) is 0 Å². The molecule has 0 atom stereocenters. The lowest BCUT2D eigenvalue weighted by molar-refractivity contribution is 0.0503. The second-order valence-electron chi connectivity index (χ2n) is 4.90. The molecule has 0 N–H and O–H groups in total. The standard InChI is InChI=1S/C14H12N4OS/c19-14(13-7-10-3-1-2-4-12(10)20-13)17-8-11(9-17)18-6-5-15-16-18/h1-7,11H,8-9H2. The zero-order valence-corrected chi connectivity index (χ0v) is 11.5. The predicted octanol–water partition coefficient (Wildman–Crippen LogP) is 2.19. The van der Waals surface area contributed by atoms with Crippen molar-refractivity contribution in [2.75, 3.05) is 13.1 Å². The Morgan fingerprint density at radius 2 is 2.15 bits per heavy atom. The van der Waals surface area contributed by atoms with Crippen molar-refractivity contribution < 1.29 is 4.79 Å². The molecule has 1 aliphatic rings. The molecule has 4 rings (SSSR count). The van der Waals surface area contributed by atoms with E-state index in [1.807, 2.05) is 46.1 Å². The summed E-state index contributed by atoms with van der Waals surface area (Å²) in [5, 5.41) is 8.90. The van der Waals surface area contributed by atoms with E-state index < -0.39 is 0 Å². The number of hydrogen-bond donors (Lipinski definition) is 0. The van der Waals surface area contributed by atoms with Gasteiger partial charge in [-0.15, -0.1) is 16.4 Å². The number of carbonyl (C=O) groups is 1. The minimum Gasteiger partial charge on any atom is -0.334 e. The lowest BCUT2D eigenvalue weighted by Gasteiger charge is -2.38. The monoisotopic (exact) mass is 284 g/mol. The molecule has 0 aliphatic carbocycles. The first-order valence-electron chi connectivity index (χ1n) is 6.45. The number of hydrogen-bond acceptors (Lipinski definition) is 4. The maximum absolute atomic E-state index is 12.4. The summed E-state index contributed by atoms with van der Waals surface area (Å²) >= 11 is 1.56. The highest BCUT2D eigenvalue weighted by molar-refractivity contribution is 7.20. The molecule has 1 aliphatic heterocycles. The molecule has 0 spiro atoms. The third-order valence-electron chi connectivity index (χ3n) is 3.60. The topological polar surface area (TPSA) is 51.0 Å². The van der Waals surface area contributed by atoms with Crippen LogP contribution in [0.2, 0.25) is 0 Å². The fourth-order valence-electron chi connectivity index (χ4n) is 2.44. The Morgan fingerprint density at radius 1 is 1.30 bits per heavy atom. The zero-order chi connectivity index (χ0) is 13.5. The number of nitrogens with zero attached hydrogens (tertiary/aromatic N) is 4. The van der Waals surface area contributed by atoms with E-state index in [0.29, 0.717) is 13.1 Å². The van der Waals surface area contributed by atoms with Crippen LogP contribution in [0, 0.1) is 0 Å². The molecule has 1 aromatic carbocycles. The Bertz CT molecular complexity index is 725. The molecule has 0 unspecified atom stereocenters. The second-order valence-corrected chi connectivity index (χ2v) is 5.98. The molecule has 2 aromatic heterocycles. The minimum atomic E-state index is 0.113. The van der Waals surface area contributed by atoms with Gasteiger partial charge in [0.25, 0.3) is 5.91 Å². The summed E-state index contributed by atoms with van der Waals surface area (Å²) in [5.74, 6) is 0.113. The smallest absolute Gasteiger partial charge is 0.264 e. The van der Waals surface area contributed by atoms with E-state index in [0.717, 1.165) is 15.0 Å². The molecule has 100 valence electrons. The van der Waals surface area contributed by atoms with Gasteiger partial charge in [-0.25, -0.2) is 4.68 Å². The number of fused-ring (bicyclic) bond motifs is 1. The van der Waals surface area contributed by atoms with Crippen LogP contribution in [0.25, 0.3) is 10.1 Å². The van der Waals surface area contributed by atoms with Crippen LogP contribution in [0.15, 0.2) is 42.7 Å². The van der Waals surface area contributed by atoms with E-state index >= 15 is 0 Å². The molecule has 3 aromatic rings. The van der Waals surface area contributed by atoms with Crippen molar-refractivity contribution in [3.63, 3.8) is 0 Å². The van der Waals surface area contributed by atoms with Gasteiger partial charge in [-0.05, 0) is 17.5 Å². The maximum Gasteiger partial charge on any atom is 0.264 e. The Kier molecular flexibility index (Phi) is 2.56. The molecule has 5 nitrogen and oxygen atoms in total. The normalized spacial score (nSPS) is 15.5. The number of likely N-dealkylation sites (tertiary alicyclic amines) is 1. The van der Waals surface area contributed by atoms with Gasteiger partial charge in [0.1, 0.15) is 0 Å². The van der Waals surface area contributed by atoms with Gasteiger partial charge in [-0.2, -0.15) is 0 Å². The van der Waals surface area contributed by atoms with Gasteiger partial charge in [0.15, 0.2) is 0 Å². The number of amides is 1. The number of rotatable bonds is 2. The van der Waals surface area contributed by atoms with Crippen LogP contribution in [0.3, 0.4) is 0 Å². The van der Waals surface area contributed by atoms with Gasteiger partial charge < -0.3 is 4.90 Å². The fraction of sp³-hybridized carbons (Fsp3) is 0.214. The van der Waals surface area contributed by atoms with Crippen molar-refractivity contribution in [1.29, 1.82) is 0 Å². The van der Waals surface area contributed by atoms with Crippen LogP contribution in [0.4, 0.5) is 0 Å². The van der Waals surface area contributed by atoms with Crippen molar-refractivity contribution >= 4 is 27.3 Å². The quantitative estimate of drug-likeness (QED) is 0.725. The summed E-state index contributed by atoms with van der Waals surface area (Å²) < 4.78 is 2.97. The van der Waals surface area contributed by atoms with E-state index in [1.54, 1.807) is 17.5 Å². The predicted molar refractivity (Wildman–Crippen MR) is 76.8 cm³/mol. The van der Waals surface area contributed by atoms with Gasteiger partial charge in [0.2, 0.25) is 0 Å². The molecule has 1 saturated heterocycles. The molecule has 0 bridgehead atoms. The number of benzene rings is 1. The average Bonchev–Trinajstić information content (AvgIpc) is 3.05. The van der Waals surface area contributed by atoms with Gasteiger partial charge in [0, 0.05) is 24.0 Å². The third kappa shape index (κ3) is 1.80. The molecule has 1 amide bonds. The number of thiophene rings is 1. The van der Waals surface area contributed by atoms with E-state index in [1.165, 1.54) is 0 Å². The average molecular weight is 284 g/mol. The molecule has 6 heteroatoms. The highest BCUT2D eigenvalue weighted by Gasteiger charge is 2.33. The summed E-state index contributed by atoms with van der Waals surface area (Å²) in [4.78, 5) is 15.1. The van der Waals surface area contributed by atoms with Crippen molar-refractivity contribution in [2.45, 2.75) is 6.04 Å². The third-order valence-corrected chi connectivity index (χ3v) is 4.70. The first kappa shape index (κ1) is 11.6. The lowest BCUT2D eigenvalue weighted by atomic mass is 10.1. The van der Waals surface area contributed by atoms with Gasteiger partial charge >= 0.3 is 0 Å². The fourth-order valence-corrected chi connectivity index (χ4v) is 3.47. The Labute approximate surface area is 119 Å². The molecular formula is C14H12N4OS. The molecule has 3 heterocycles. The first-order chi connectivity index (χ1) is 9.81. The van der Waals surface area contributed by atoms with Gasteiger partial charge in [0.05, 0.1) is 17.1 Å². The minimum absolute atomic E-state index is 0.113. The van der Waals surface area contributed by atoms with Gasteiger partial charge in [-0.1, -0.05) is 23.4 Å². The van der Waals surface area contributed by atoms with Crippen molar-refractivity contribution in [2.24, 2.45) is 0 Å². The summed E-state index contributed by atoms with van der Waals surface area (Å²) in [6, 6.07) is 10.3. The van der Waals surface area contributed by atoms with E-state index in [-0.39, 0.29) is 11.9 Å². The second kappa shape index (κ2) is 4.42. The van der Waals surface area contributed by atoms with Crippen LogP contribution in [-0.4, -0.2) is 38.9 Å². The van der Waals surface area contributed by atoms with Crippen LogP contribution in [0.1, 0.15) is 15.7 Å². The van der Waals surface area contributed by atoms with Crippen molar-refractivity contribution in [3.05, 3.63) is 47.6 Å². The van der Waals surface area contributed by atoms with E-state index in [9.17, 15) is 4.79 Å². The van der Waals surface area contributed by atoms with E-state index in [4.69, 9.17) is 0 Å². The zero-order valence-electron chi connectivity index (χ0n) is 10.6. The summed E-state index contributed by atoms with van der Waals surface area (Å²) in [6.07, 6.45) is 3.50. The molecule has 0 saturated carbocycles. The summed E-state index contributed by atoms with van der Waals surface area (Å²) in [7, 11) is 0. The van der Waals surface area contributed by atoms with Crippen LogP contribution < -0.4 is 0 Å². The van der Waals surface area contributed by atoms with Crippen molar-refractivity contribution in [1.82, 2.24) is 19.9 Å². The Morgan fingerprint density at radius 3 is 2.90 bits per heavy atom. The summed E-state index contributed by atoms with van der Waals surface area (Å²) in [5.41, 5.74) is 0. The van der Waals surface area contributed by atoms with Crippen molar-refractivity contribution in [3.8, 4) is 0 Å². The molecular weight excluding hydrogens is 272 g/mol. The largest absolute Gasteiger partial charge is 0.334 e.